The Balaban J connectivity index is 1.25. The smallest absolute Gasteiger partial charge is 0.193 e. The molecule has 5 saturated heterocycles. The maximum atomic E-state index is 14.2. The number of carbonyl (C=O) groups is 2. The molecule has 0 aromatic heterocycles. The summed E-state index contributed by atoms with van der Waals surface area (Å²) in [6.45, 7) is 33.9. The lowest BCUT2D eigenvalue weighted by Crippen LogP contribution is -2.58. The Morgan fingerprint density at radius 3 is 2.17 bits per heavy atom. The zero-order chi connectivity index (χ0) is 43.0. The largest absolute Gasteiger partial charge is 0.408 e. The molecule has 0 saturated carbocycles. The van der Waals surface area contributed by atoms with Gasteiger partial charge in [0.15, 0.2) is 14.1 Å². The van der Waals surface area contributed by atoms with Crippen molar-refractivity contribution in [1.82, 2.24) is 0 Å². The van der Waals surface area contributed by atoms with Crippen LogP contribution in [0, 0.1) is 35.5 Å². The van der Waals surface area contributed by atoms with Gasteiger partial charge in [0.1, 0.15) is 5.78 Å². The molecule has 0 radical (unpaired) electrons. The highest BCUT2D eigenvalue weighted by Crippen LogP contribution is 2.46. The number of carbonyl (C=O) groups excluding carboxylic acids is 2. The lowest BCUT2D eigenvalue weighted by Gasteiger charge is -2.51. The normalized spacial score (nSPS) is 43.2. The summed E-state index contributed by atoms with van der Waals surface area (Å²) in [5.74, 6) is 1.96. The van der Waals surface area contributed by atoms with Crippen LogP contribution >= 0.6 is 0 Å². The average Bonchev–Trinajstić information content (AvgIpc) is 3.67. The Labute approximate surface area is 359 Å². The molecular weight excluding hydrogens is 757 g/mol. The molecule has 0 N–H and O–H groups in total. The Morgan fingerprint density at radius 1 is 0.780 bits per heavy atom. The van der Waals surface area contributed by atoms with Crippen molar-refractivity contribution in [2.75, 3.05) is 0 Å². The van der Waals surface area contributed by atoms with Gasteiger partial charge < -0.3 is 28.1 Å². The van der Waals surface area contributed by atoms with Crippen LogP contribution in [0.5, 0.6) is 0 Å². The minimum atomic E-state index is -2.23. The number of ether oxygens (including phenoxy) is 5. The van der Waals surface area contributed by atoms with E-state index >= 15 is 0 Å². The zero-order valence-corrected chi connectivity index (χ0v) is 39.8. The highest BCUT2D eigenvalue weighted by Gasteiger charge is 2.50. The number of Topliss-reactive ketones (excluding diaryl/α,β-unsaturated/α-hetero) is 1. The molecule has 0 amide bonds. The molecule has 8 nitrogen and oxygen atoms in total. The van der Waals surface area contributed by atoms with Gasteiger partial charge in [0, 0.05) is 25.7 Å². The second-order valence-electron chi connectivity index (χ2n) is 21.7. The minimum Gasteiger partial charge on any atom is -0.408 e. The molecule has 8 aliphatic rings. The van der Waals surface area contributed by atoms with Crippen LogP contribution in [0.2, 0.25) is 18.1 Å². The lowest BCUT2D eigenvalue weighted by atomic mass is 9.76. The van der Waals surface area contributed by atoms with E-state index < -0.39 is 8.32 Å². The maximum absolute atomic E-state index is 14.2. The van der Waals surface area contributed by atoms with Gasteiger partial charge in [-0.05, 0) is 122 Å². The Kier molecular flexibility index (Phi) is 15.6. The second-order valence-corrected chi connectivity index (χ2v) is 26.4. The van der Waals surface area contributed by atoms with E-state index in [9.17, 15) is 9.59 Å². The molecule has 0 aromatic carbocycles. The summed E-state index contributed by atoms with van der Waals surface area (Å²) in [5.41, 5.74) is 2.26. The van der Waals surface area contributed by atoms with Crippen molar-refractivity contribution in [3.8, 4) is 0 Å². The number of ketones is 2. The van der Waals surface area contributed by atoms with Crippen molar-refractivity contribution >= 4 is 19.9 Å². The first-order chi connectivity index (χ1) is 27.7. The van der Waals surface area contributed by atoms with Gasteiger partial charge in [-0.15, -0.1) is 0 Å². The van der Waals surface area contributed by atoms with Gasteiger partial charge in [0.05, 0.1) is 67.1 Å². The van der Waals surface area contributed by atoms with Crippen LogP contribution in [-0.4, -0.2) is 87.0 Å². The molecule has 8 rings (SSSR count). The number of rotatable bonds is 5. The summed E-state index contributed by atoms with van der Waals surface area (Å²) in [6, 6.07) is 0. The second kappa shape index (κ2) is 19.5. The van der Waals surface area contributed by atoms with Crippen molar-refractivity contribution in [2.24, 2.45) is 35.5 Å². The molecule has 8 aliphatic heterocycles. The van der Waals surface area contributed by atoms with E-state index in [1.165, 1.54) is 0 Å². The predicted octanol–water partition coefficient (Wildman–Crippen LogP) is 10.9. The van der Waals surface area contributed by atoms with Crippen LogP contribution < -0.4 is 0 Å². The summed E-state index contributed by atoms with van der Waals surface area (Å²) >= 11 is 0. The summed E-state index contributed by atoms with van der Waals surface area (Å²) in [6.07, 6.45) is 12.8. The third kappa shape index (κ3) is 11.2. The molecule has 59 heavy (non-hydrogen) atoms. The van der Waals surface area contributed by atoms with Gasteiger partial charge in [0.2, 0.25) is 0 Å². The van der Waals surface area contributed by atoms with Gasteiger partial charge in [-0.2, -0.15) is 0 Å². The number of hydrogen-bond donors (Lipinski definition) is 0. The van der Waals surface area contributed by atoms with Crippen molar-refractivity contribution in [1.29, 1.82) is 0 Å². The molecule has 8 bridgehead atoms. The van der Waals surface area contributed by atoms with E-state index in [0.29, 0.717) is 37.5 Å². The van der Waals surface area contributed by atoms with E-state index in [1.54, 1.807) is 6.08 Å². The van der Waals surface area contributed by atoms with Gasteiger partial charge in [-0.3, -0.25) is 9.59 Å². The minimum absolute atomic E-state index is 0.00479. The Morgan fingerprint density at radius 2 is 1.46 bits per heavy atom. The summed E-state index contributed by atoms with van der Waals surface area (Å²) in [5, 5.41) is -0.00479. The average molecular weight is 839 g/mol. The molecule has 2 unspecified atom stereocenters. The molecule has 9 heteroatoms. The highest BCUT2D eigenvalue weighted by molar-refractivity contribution is 6.74. The third-order valence-electron chi connectivity index (χ3n) is 16.3. The summed E-state index contributed by atoms with van der Waals surface area (Å²) in [4.78, 5) is 27.7. The third-order valence-corrected chi connectivity index (χ3v) is 20.8. The molecule has 5 fully saturated rings. The standard InChI is InChI=1S/C50H82O8Si/c1-14-29(2)23-45-35(8)41-27-37(52)26-40-19-22-43-48(55-40)33(6)34(7)49(57-43)44(58-59(12,13)50(9,10)11)20-16-36(51)15-17-38-25-31(4)42(53-38)21-18-39-24-30(3)32(5)46(54-39)28-47(41)56-45/h16,20,29-30,33-35,38-49H,4-5,14-15,17-19,21-28H2,1-3,6-13H3/b20-16+/t29-,30-,33-,34+,35-,38?,39+,40?,41-,42+,43+,44+,45-,46-,47+,48-,49-/m1/s1. The fourth-order valence-electron chi connectivity index (χ4n) is 10.7. The zero-order valence-electron chi connectivity index (χ0n) is 38.8. The van der Waals surface area contributed by atoms with E-state index in [1.807, 2.05) is 6.08 Å². The van der Waals surface area contributed by atoms with Crippen LogP contribution in [0.25, 0.3) is 0 Å². The molecule has 0 aliphatic carbocycles. The molecular formula is C50H82O8Si. The van der Waals surface area contributed by atoms with Crippen LogP contribution in [0.15, 0.2) is 36.5 Å². The van der Waals surface area contributed by atoms with E-state index in [-0.39, 0.29) is 107 Å². The van der Waals surface area contributed by atoms with Gasteiger partial charge in [-0.1, -0.05) is 88.0 Å². The SMILES string of the molecule is C=C1CC2CCC(=O)/C=C/[C@H](O[Si](C)(C)C(C)(C)C)[C@@H]3O[C@H]4CCC(CC(=O)C[C@@H]5[C@@H](C)[C@@H](C[C@H](C)CC)O[C@H]5C[C@H]5O[C@@H](CC[C@@H]1O2)C[C@@H](C)C5=C)O[C@@H]4[C@H](C)[C@@H]3C. The number of fused-ring (bicyclic) bond motifs is 2. The quantitative estimate of drug-likeness (QED) is 0.200. The molecule has 334 valence electrons. The molecule has 0 aromatic rings. The summed E-state index contributed by atoms with van der Waals surface area (Å²) in [7, 11) is -2.23. The van der Waals surface area contributed by atoms with Crippen LogP contribution in [0.1, 0.15) is 146 Å². The van der Waals surface area contributed by atoms with E-state index in [2.05, 4.69) is 88.6 Å². The van der Waals surface area contributed by atoms with Gasteiger partial charge >= 0.3 is 0 Å². The molecule has 0 spiro atoms. The van der Waals surface area contributed by atoms with E-state index in [0.717, 1.165) is 68.9 Å². The first-order valence-corrected chi connectivity index (χ1v) is 26.7. The molecule has 17 atom stereocenters. The summed E-state index contributed by atoms with van der Waals surface area (Å²) < 4.78 is 41.4. The number of hydrogen-bond acceptors (Lipinski definition) is 8. The van der Waals surface area contributed by atoms with Gasteiger partial charge in [0.25, 0.3) is 0 Å². The van der Waals surface area contributed by atoms with Crippen LogP contribution in [0.3, 0.4) is 0 Å². The Bertz CT molecular complexity index is 1510. The fourth-order valence-corrected chi connectivity index (χ4v) is 12.0. The van der Waals surface area contributed by atoms with Crippen molar-refractivity contribution in [3.63, 3.8) is 0 Å². The van der Waals surface area contributed by atoms with Crippen molar-refractivity contribution in [3.05, 3.63) is 36.5 Å². The molecule has 8 heterocycles. The van der Waals surface area contributed by atoms with Crippen LogP contribution in [0.4, 0.5) is 0 Å². The fraction of sp³-hybridized carbons (Fsp3) is 0.840. The monoisotopic (exact) mass is 839 g/mol. The van der Waals surface area contributed by atoms with E-state index in [4.69, 9.17) is 28.1 Å². The van der Waals surface area contributed by atoms with Gasteiger partial charge in [-0.25, -0.2) is 0 Å². The lowest BCUT2D eigenvalue weighted by molar-refractivity contribution is -0.237. The van der Waals surface area contributed by atoms with Crippen LogP contribution in [-0.2, 0) is 37.7 Å². The predicted molar refractivity (Wildman–Crippen MR) is 238 cm³/mol. The maximum Gasteiger partial charge on any atom is 0.193 e. The van der Waals surface area contributed by atoms with Crippen molar-refractivity contribution < 1.29 is 37.7 Å². The number of allylic oxidation sites excluding steroid dienone is 1. The topological polar surface area (TPSA) is 89.5 Å². The first-order valence-electron chi connectivity index (χ1n) is 23.8. The highest BCUT2D eigenvalue weighted by atomic mass is 28.4. The Hall–Kier alpha value is -1.46. The van der Waals surface area contributed by atoms with Crippen molar-refractivity contribution in [2.45, 2.75) is 231 Å². The first kappa shape index (κ1) is 47.0.